The SMILES string of the molecule is COC1CCC(Nc2ncc3c(-c4ccn5ncc(C(=O)NCC(F)F)c5c4)c[nH]c3n2)CC1. The molecule has 1 aliphatic carbocycles. The zero-order valence-corrected chi connectivity index (χ0v) is 18.6. The van der Waals surface area contributed by atoms with Crippen LogP contribution in [0, 0.1) is 0 Å². The number of anilines is 1. The van der Waals surface area contributed by atoms with E-state index in [4.69, 9.17) is 4.74 Å². The monoisotopic (exact) mass is 469 g/mol. The van der Waals surface area contributed by atoms with Gasteiger partial charge in [-0.25, -0.2) is 18.3 Å². The van der Waals surface area contributed by atoms with E-state index in [0.29, 0.717) is 29.3 Å². The van der Waals surface area contributed by atoms with Crippen LogP contribution in [0.4, 0.5) is 14.7 Å². The number of halogens is 2. The molecule has 1 aliphatic rings. The third-order valence-electron chi connectivity index (χ3n) is 6.27. The number of H-pyrrole nitrogens is 1. The summed E-state index contributed by atoms with van der Waals surface area (Å²) in [5.41, 5.74) is 3.13. The van der Waals surface area contributed by atoms with Crippen LogP contribution in [0.25, 0.3) is 27.7 Å². The number of aromatic nitrogens is 5. The lowest BCUT2D eigenvalue weighted by atomic mass is 9.93. The number of alkyl halides is 2. The summed E-state index contributed by atoms with van der Waals surface area (Å²) in [6, 6.07) is 3.98. The maximum atomic E-state index is 12.5. The van der Waals surface area contributed by atoms with Gasteiger partial charge < -0.3 is 20.4 Å². The predicted octanol–water partition coefficient (Wildman–Crippen LogP) is 3.64. The molecule has 4 aromatic rings. The van der Waals surface area contributed by atoms with Crippen LogP contribution < -0.4 is 10.6 Å². The summed E-state index contributed by atoms with van der Waals surface area (Å²) in [5, 5.41) is 10.6. The van der Waals surface area contributed by atoms with Gasteiger partial charge in [0.2, 0.25) is 5.95 Å². The molecule has 1 saturated carbocycles. The largest absolute Gasteiger partial charge is 0.381 e. The van der Waals surface area contributed by atoms with Gasteiger partial charge in [0.1, 0.15) is 5.65 Å². The first-order chi connectivity index (χ1) is 16.5. The zero-order valence-electron chi connectivity index (χ0n) is 18.6. The number of hydrogen-bond donors (Lipinski definition) is 3. The Morgan fingerprint density at radius 3 is 2.88 bits per heavy atom. The lowest BCUT2D eigenvalue weighted by Gasteiger charge is -2.28. The number of pyridine rings is 1. The van der Waals surface area contributed by atoms with Crippen LogP contribution in [0.3, 0.4) is 0 Å². The highest BCUT2D eigenvalue weighted by Crippen LogP contribution is 2.30. The number of nitrogens with zero attached hydrogens (tertiary/aromatic N) is 4. The topological polar surface area (TPSA) is 109 Å². The van der Waals surface area contributed by atoms with Crippen molar-refractivity contribution in [2.24, 2.45) is 0 Å². The van der Waals surface area contributed by atoms with E-state index in [1.807, 2.05) is 12.3 Å². The zero-order chi connectivity index (χ0) is 23.7. The average molecular weight is 469 g/mol. The molecule has 0 aliphatic heterocycles. The second kappa shape index (κ2) is 9.34. The van der Waals surface area contributed by atoms with Crippen LogP contribution in [-0.2, 0) is 4.74 Å². The van der Waals surface area contributed by atoms with Crippen molar-refractivity contribution in [2.75, 3.05) is 19.0 Å². The molecule has 0 bridgehead atoms. The fraction of sp³-hybridized carbons (Fsp3) is 0.391. The molecule has 0 spiro atoms. The van der Waals surface area contributed by atoms with Crippen molar-refractivity contribution < 1.29 is 18.3 Å². The standard InChI is InChI=1S/C23H25F2N7O2/c1-34-15-4-2-14(3-5-15)30-23-28-10-17-16(9-26-21(17)31-23)13-6-7-32-19(8-13)18(11-29-32)22(33)27-12-20(24)25/h6-11,14-15,20H,2-5,12H2,1H3,(H,27,33)(H2,26,28,30,31). The number of hydrogen-bond acceptors (Lipinski definition) is 6. The van der Waals surface area contributed by atoms with Crippen molar-refractivity contribution >= 4 is 28.4 Å². The Bertz CT molecular complexity index is 1310. The first-order valence-corrected chi connectivity index (χ1v) is 11.2. The summed E-state index contributed by atoms with van der Waals surface area (Å²) in [7, 11) is 1.76. The maximum Gasteiger partial charge on any atom is 0.255 e. The van der Waals surface area contributed by atoms with Crippen molar-refractivity contribution in [3.05, 3.63) is 42.5 Å². The molecule has 4 heterocycles. The summed E-state index contributed by atoms with van der Waals surface area (Å²) in [5.74, 6) is -0.0176. The maximum absolute atomic E-state index is 12.5. The Labute approximate surface area is 193 Å². The quantitative estimate of drug-likeness (QED) is 0.381. The molecule has 9 nitrogen and oxygen atoms in total. The molecule has 1 amide bonds. The predicted molar refractivity (Wildman–Crippen MR) is 123 cm³/mol. The Morgan fingerprint density at radius 2 is 2.12 bits per heavy atom. The fourth-order valence-corrected chi connectivity index (χ4v) is 4.43. The number of rotatable bonds is 7. The minimum Gasteiger partial charge on any atom is -0.381 e. The number of methoxy groups -OCH3 is 1. The highest BCUT2D eigenvalue weighted by atomic mass is 19.3. The summed E-state index contributed by atoms with van der Waals surface area (Å²) < 4.78 is 31.9. The van der Waals surface area contributed by atoms with Crippen molar-refractivity contribution in [1.82, 2.24) is 29.9 Å². The molecule has 0 atom stereocenters. The minimum absolute atomic E-state index is 0.230. The number of ether oxygens (including phenoxy) is 1. The van der Waals surface area contributed by atoms with Crippen molar-refractivity contribution in [3.8, 4) is 11.1 Å². The number of fused-ring (bicyclic) bond motifs is 2. The van der Waals surface area contributed by atoms with E-state index in [-0.39, 0.29) is 5.56 Å². The number of carbonyl (C=O) groups is 1. The summed E-state index contributed by atoms with van der Waals surface area (Å²) in [4.78, 5) is 24.7. The molecular formula is C23H25F2N7O2. The molecule has 0 radical (unpaired) electrons. The van der Waals surface area contributed by atoms with Gasteiger partial charge in [0.05, 0.1) is 29.9 Å². The van der Waals surface area contributed by atoms with Crippen molar-refractivity contribution in [1.29, 1.82) is 0 Å². The van der Waals surface area contributed by atoms with Crippen LogP contribution in [0.15, 0.2) is 36.9 Å². The van der Waals surface area contributed by atoms with Crippen LogP contribution in [0.5, 0.6) is 0 Å². The van der Waals surface area contributed by atoms with E-state index in [0.717, 1.165) is 42.2 Å². The lowest BCUT2D eigenvalue weighted by Crippen LogP contribution is -2.29. The van der Waals surface area contributed by atoms with Gasteiger partial charge in [0.25, 0.3) is 12.3 Å². The smallest absolute Gasteiger partial charge is 0.255 e. The second-order valence-electron chi connectivity index (χ2n) is 8.42. The third-order valence-corrected chi connectivity index (χ3v) is 6.27. The summed E-state index contributed by atoms with van der Waals surface area (Å²) >= 11 is 0. The van der Waals surface area contributed by atoms with E-state index in [9.17, 15) is 13.6 Å². The number of aromatic amines is 1. The first-order valence-electron chi connectivity index (χ1n) is 11.2. The molecule has 178 valence electrons. The van der Waals surface area contributed by atoms with Crippen LogP contribution in [0.1, 0.15) is 36.0 Å². The molecule has 5 rings (SSSR count). The van der Waals surface area contributed by atoms with E-state index < -0.39 is 18.9 Å². The van der Waals surface area contributed by atoms with Crippen LogP contribution in [0.2, 0.25) is 0 Å². The van der Waals surface area contributed by atoms with E-state index in [1.54, 1.807) is 25.6 Å². The van der Waals surface area contributed by atoms with Gasteiger partial charge in [0.15, 0.2) is 0 Å². The molecule has 3 N–H and O–H groups in total. The van der Waals surface area contributed by atoms with Gasteiger partial charge in [0, 0.05) is 42.7 Å². The Morgan fingerprint density at radius 1 is 1.29 bits per heavy atom. The Hall–Kier alpha value is -3.60. The van der Waals surface area contributed by atoms with Crippen LogP contribution in [-0.4, -0.2) is 62.7 Å². The van der Waals surface area contributed by atoms with E-state index in [1.165, 1.54) is 10.7 Å². The highest BCUT2D eigenvalue weighted by molar-refractivity contribution is 6.02. The van der Waals surface area contributed by atoms with E-state index >= 15 is 0 Å². The van der Waals surface area contributed by atoms with Gasteiger partial charge >= 0.3 is 0 Å². The molecule has 0 unspecified atom stereocenters. The molecule has 11 heteroatoms. The second-order valence-corrected chi connectivity index (χ2v) is 8.42. The molecular weight excluding hydrogens is 444 g/mol. The van der Waals surface area contributed by atoms with E-state index in [2.05, 4.69) is 30.7 Å². The molecule has 34 heavy (non-hydrogen) atoms. The minimum atomic E-state index is -2.62. The lowest BCUT2D eigenvalue weighted by molar-refractivity contribution is 0.0681. The van der Waals surface area contributed by atoms with Gasteiger partial charge in [-0.2, -0.15) is 10.1 Å². The molecule has 0 saturated heterocycles. The highest BCUT2D eigenvalue weighted by Gasteiger charge is 2.22. The summed E-state index contributed by atoms with van der Waals surface area (Å²) in [6.45, 7) is -0.708. The Kier molecular flexibility index (Phi) is 6.10. The van der Waals surface area contributed by atoms with Gasteiger partial charge in [-0.3, -0.25) is 4.79 Å². The van der Waals surface area contributed by atoms with Crippen molar-refractivity contribution in [3.63, 3.8) is 0 Å². The average Bonchev–Trinajstić information content (AvgIpc) is 3.46. The fourth-order valence-electron chi connectivity index (χ4n) is 4.43. The van der Waals surface area contributed by atoms with Gasteiger partial charge in [-0.1, -0.05) is 0 Å². The first kappa shape index (κ1) is 22.2. The van der Waals surface area contributed by atoms with Crippen molar-refractivity contribution in [2.45, 2.75) is 44.3 Å². The van der Waals surface area contributed by atoms with Gasteiger partial charge in [-0.05, 0) is 43.4 Å². The molecule has 1 fully saturated rings. The number of nitrogens with one attached hydrogen (secondary N) is 3. The van der Waals surface area contributed by atoms with Crippen LogP contribution >= 0.6 is 0 Å². The van der Waals surface area contributed by atoms with Gasteiger partial charge in [-0.15, -0.1) is 0 Å². The Balaban J connectivity index is 1.38. The number of amides is 1. The number of carbonyl (C=O) groups excluding carboxylic acids is 1. The summed E-state index contributed by atoms with van der Waals surface area (Å²) in [6.07, 6.45) is 8.47. The molecule has 4 aromatic heterocycles. The third kappa shape index (κ3) is 4.43. The molecule has 0 aromatic carbocycles. The normalized spacial score (nSPS) is 18.6.